The van der Waals surface area contributed by atoms with Crippen molar-refractivity contribution in [3.8, 4) is 0 Å². The van der Waals surface area contributed by atoms with E-state index in [0.29, 0.717) is 11.8 Å². The Bertz CT molecular complexity index is 646. The number of nitrogens with zero attached hydrogens (tertiary/aromatic N) is 5. The number of hydrogen-bond donors (Lipinski definition) is 1. The van der Waals surface area contributed by atoms with Crippen LogP contribution in [0.2, 0.25) is 0 Å². The Morgan fingerprint density at radius 3 is 2.30 bits per heavy atom. The first-order valence-electron chi connectivity index (χ1n) is 11.5. The average Bonchev–Trinajstić information content (AvgIpc) is 3.21. The number of rotatable bonds is 6. The van der Waals surface area contributed by atoms with Crippen molar-refractivity contribution in [1.29, 1.82) is 0 Å². The Morgan fingerprint density at radius 2 is 1.77 bits per heavy atom. The molecule has 2 aliphatic rings. The fourth-order valence-electron chi connectivity index (χ4n) is 4.65. The van der Waals surface area contributed by atoms with Gasteiger partial charge in [-0.1, -0.05) is 32.9 Å². The summed E-state index contributed by atoms with van der Waals surface area (Å²) in [5, 5.41) is 7.50. The molecule has 1 saturated carbocycles. The maximum atomic E-state index is 5.33. The van der Waals surface area contributed by atoms with Crippen LogP contribution in [-0.4, -0.2) is 71.7 Å². The number of aromatic nitrogens is 2. The Balaban J connectivity index is 0.00000320. The average molecular weight is 533 g/mol. The summed E-state index contributed by atoms with van der Waals surface area (Å²) >= 11 is 0. The summed E-state index contributed by atoms with van der Waals surface area (Å²) in [6.07, 6.45) is 6.27. The van der Waals surface area contributed by atoms with Crippen molar-refractivity contribution >= 4 is 29.9 Å². The zero-order chi connectivity index (χ0) is 20.8. The summed E-state index contributed by atoms with van der Waals surface area (Å²) in [5.41, 5.74) is 0. The molecule has 0 spiro atoms. The van der Waals surface area contributed by atoms with Crippen LogP contribution in [0.4, 0.5) is 0 Å². The molecule has 1 N–H and O–H groups in total. The topological polar surface area (TPSA) is 69.8 Å². The van der Waals surface area contributed by atoms with E-state index in [0.717, 1.165) is 68.8 Å². The summed E-state index contributed by atoms with van der Waals surface area (Å²) in [4.78, 5) is 14.0. The minimum absolute atomic E-state index is 0. The predicted octanol–water partition coefficient (Wildman–Crippen LogP) is 3.76. The van der Waals surface area contributed by atoms with E-state index >= 15 is 0 Å². The lowest BCUT2D eigenvalue weighted by Gasteiger charge is -2.43. The monoisotopic (exact) mass is 532 g/mol. The molecule has 0 atom stereocenters. The van der Waals surface area contributed by atoms with E-state index in [4.69, 9.17) is 4.52 Å². The minimum Gasteiger partial charge on any atom is -0.356 e. The largest absolute Gasteiger partial charge is 0.356 e. The maximum absolute atomic E-state index is 5.33. The van der Waals surface area contributed by atoms with Crippen molar-refractivity contribution in [3.05, 3.63) is 11.7 Å². The van der Waals surface area contributed by atoms with Gasteiger partial charge in [0.2, 0.25) is 5.89 Å². The van der Waals surface area contributed by atoms with Gasteiger partial charge in [-0.3, -0.25) is 9.89 Å². The first-order valence-corrected chi connectivity index (χ1v) is 11.5. The smallest absolute Gasteiger partial charge is 0.228 e. The number of piperazine rings is 1. The molecule has 7 nitrogen and oxygen atoms in total. The molecule has 0 bridgehead atoms. The van der Waals surface area contributed by atoms with Crippen molar-refractivity contribution in [3.63, 3.8) is 0 Å². The molecule has 1 aromatic rings. The summed E-state index contributed by atoms with van der Waals surface area (Å²) < 4.78 is 5.33. The Hall–Kier alpha value is -0.900. The third-order valence-corrected chi connectivity index (χ3v) is 6.65. The Labute approximate surface area is 199 Å². The lowest BCUT2D eigenvalue weighted by molar-refractivity contribution is 0.0864. The summed E-state index contributed by atoms with van der Waals surface area (Å²) in [7, 11) is 1.87. The third kappa shape index (κ3) is 6.80. The van der Waals surface area contributed by atoms with Gasteiger partial charge in [-0.25, -0.2) is 0 Å². The number of guanidine groups is 1. The van der Waals surface area contributed by atoms with Gasteiger partial charge in [0.1, 0.15) is 0 Å². The van der Waals surface area contributed by atoms with Gasteiger partial charge >= 0.3 is 0 Å². The molecule has 2 fully saturated rings. The van der Waals surface area contributed by atoms with Gasteiger partial charge in [-0.15, -0.1) is 24.0 Å². The highest BCUT2D eigenvalue weighted by molar-refractivity contribution is 14.0. The normalized spacial score (nSPS) is 23.7. The number of nitrogens with one attached hydrogen (secondary N) is 1. The molecule has 0 unspecified atom stereocenters. The lowest BCUT2D eigenvalue weighted by Crippen LogP contribution is -2.55. The molecule has 1 saturated heterocycles. The molecule has 2 heterocycles. The van der Waals surface area contributed by atoms with E-state index < -0.39 is 0 Å². The standard InChI is InChI=1S/C22H40N6O.HI/c1-16(2)18-6-8-19(9-7-18)27-12-14-28(15-13-27)22(23-5)24-11-10-20-25-21(17(3)4)26-29-20;/h16-19H,6-15H2,1-5H3,(H,23,24);1H. The van der Waals surface area contributed by atoms with Crippen LogP contribution in [0.15, 0.2) is 9.52 Å². The van der Waals surface area contributed by atoms with Crippen molar-refractivity contribution in [2.24, 2.45) is 16.8 Å². The van der Waals surface area contributed by atoms with Crippen LogP contribution in [0.5, 0.6) is 0 Å². The molecule has 8 heteroatoms. The fourth-order valence-corrected chi connectivity index (χ4v) is 4.65. The highest BCUT2D eigenvalue weighted by Gasteiger charge is 2.29. The van der Waals surface area contributed by atoms with Crippen molar-refractivity contribution in [2.45, 2.75) is 71.8 Å². The van der Waals surface area contributed by atoms with E-state index in [1.807, 2.05) is 7.05 Å². The molecule has 30 heavy (non-hydrogen) atoms. The van der Waals surface area contributed by atoms with E-state index in [1.165, 1.54) is 25.7 Å². The SMILES string of the molecule is CN=C(NCCc1nc(C(C)C)no1)N1CCN(C2CCC(C(C)C)CC2)CC1.I. The first kappa shape index (κ1) is 25.4. The van der Waals surface area contributed by atoms with Gasteiger partial charge in [0, 0.05) is 58.2 Å². The van der Waals surface area contributed by atoms with Crippen LogP contribution >= 0.6 is 24.0 Å². The molecule has 1 aliphatic carbocycles. The maximum Gasteiger partial charge on any atom is 0.228 e. The molecular formula is C22H41IN6O. The molecule has 1 aliphatic heterocycles. The van der Waals surface area contributed by atoms with Crippen LogP contribution in [0, 0.1) is 11.8 Å². The van der Waals surface area contributed by atoms with Crippen molar-refractivity contribution < 1.29 is 4.52 Å². The second-order valence-corrected chi connectivity index (χ2v) is 9.26. The van der Waals surface area contributed by atoms with Crippen molar-refractivity contribution in [2.75, 3.05) is 39.8 Å². The quantitative estimate of drug-likeness (QED) is 0.342. The van der Waals surface area contributed by atoms with Crippen LogP contribution in [-0.2, 0) is 6.42 Å². The van der Waals surface area contributed by atoms with Gasteiger partial charge in [0.05, 0.1) is 0 Å². The van der Waals surface area contributed by atoms with E-state index in [2.05, 4.69) is 57.9 Å². The van der Waals surface area contributed by atoms with Gasteiger partial charge in [0.25, 0.3) is 0 Å². The zero-order valence-corrected chi connectivity index (χ0v) is 21.8. The van der Waals surface area contributed by atoms with Gasteiger partial charge < -0.3 is 14.7 Å². The number of aliphatic imine (C=N–C) groups is 1. The molecule has 0 radical (unpaired) electrons. The summed E-state index contributed by atoms with van der Waals surface area (Å²) in [5.74, 6) is 4.53. The van der Waals surface area contributed by atoms with E-state index in [-0.39, 0.29) is 24.0 Å². The Morgan fingerprint density at radius 1 is 1.10 bits per heavy atom. The number of hydrogen-bond acceptors (Lipinski definition) is 5. The summed E-state index contributed by atoms with van der Waals surface area (Å²) in [6.45, 7) is 14.0. The first-order chi connectivity index (χ1) is 14.0. The van der Waals surface area contributed by atoms with Crippen LogP contribution in [0.3, 0.4) is 0 Å². The van der Waals surface area contributed by atoms with Gasteiger partial charge in [0.15, 0.2) is 11.8 Å². The highest BCUT2D eigenvalue weighted by Crippen LogP contribution is 2.32. The molecule has 0 amide bonds. The van der Waals surface area contributed by atoms with Crippen molar-refractivity contribution in [1.82, 2.24) is 25.3 Å². The van der Waals surface area contributed by atoms with Gasteiger partial charge in [-0.2, -0.15) is 4.98 Å². The summed E-state index contributed by atoms with van der Waals surface area (Å²) in [6, 6.07) is 0.787. The van der Waals surface area contributed by atoms with Crippen LogP contribution in [0.1, 0.15) is 71.0 Å². The van der Waals surface area contributed by atoms with Crippen LogP contribution in [0.25, 0.3) is 0 Å². The minimum atomic E-state index is 0. The molecule has 3 rings (SSSR count). The highest BCUT2D eigenvalue weighted by atomic mass is 127. The second-order valence-electron chi connectivity index (χ2n) is 9.26. The molecule has 1 aromatic heterocycles. The van der Waals surface area contributed by atoms with E-state index in [9.17, 15) is 0 Å². The molecule has 172 valence electrons. The van der Waals surface area contributed by atoms with Crippen LogP contribution < -0.4 is 5.32 Å². The second kappa shape index (κ2) is 12.2. The van der Waals surface area contributed by atoms with Gasteiger partial charge in [-0.05, 0) is 37.5 Å². The number of halogens is 1. The lowest BCUT2D eigenvalue weighted by atomic mass is 9.79. The Kier molecular flexibility index (Phi) is 10.3. The molecular weight excluding hydrogens is 491 g/mol. The predicted molar refractivity (Wildman–Crippen MR) is 133 cm³/mol. The van der Waals surface area contributed by atoms with E-state index in [1.54, 1.807) is 0 Å². The zero-order valence-electron chi connectivity index (χ0n) is 19.4. The fraction of sp³-hybridized carbons (Fsp3) is 0.864. The third-order valence-electron chi connectivity index (χ3n) is 6.65. The molecule has 0 aromatic carbocycles.